The molecule has 0 saturated heterocycles. The van der Waals surface area contributed by atoms with Gasteiger partial charge >= 0.3 is 0 Å². The van der Waals surface area contributed by atoms with E-state index in [1.165, 1.54) is 0 Å². The molecule has 1 rings (SSSR count). The highest BCUT2D eigenvalue weighted by molar-refractivity contribution is 14.0. The Morgan fingerprint density at radius 3 is 2.52 bits per heavy atom. The lowest BCUT2D eigenvalue weighted by atomic mass is 10.2. The second-order valence-corrected chi connectivity index (χ2v) is 5.69. The summed E-state index contributed by atoms with van der Waals surface area (Å²) < 4.78 is 10.8. The molecule has 0 spiro atoms. The number of benzene rings is 1. The minimum absolute atomic E-state index is 0. The molecule has 0 atom stereocenters. The quantitative estimate of drug-likeness (QED) is 0.228. The molecular weight excluding hydrogens is 431 g/mol. The van der Waals surface area contributed by atoms with E-state index in [2.05, 4.69) is 27.6 Å². The smallest absolute Gasteiger partial charge is 0.191 e. The van der Waals surface area contributed by atoms with Crippen LogP contribution in [0.15, 0.2) is 29.3 Å². The second kappa shape index (κ2) is 15.2. The molecule has 0 aromatic heterocycles. The van der Waals surface area contributed by atoms with Crippen LogP contribution in [0, 0.1) is 6.92 Å². The maximum Gasteiger partial charge on any atom is 0.191 e. The molecule has 0 amide bonds. The number of aryl methyl sites for hydroxylation is 1. The molecule has 1 aromatic rings. The van der Waals surface area contributed by atoms with E-state index < -0.39 is 0 Å². The average molecular weight is 464 g/mol. The van der Waals surface area contributed by atoms with E-state index in [4.69, 9.17) is 9.47 Å². The third-order valence-corrected chi connectivity index (χ3v) is 3.64. The first-order valence-corrected chi connectivity index (χ1v) is 8.47. The van der Waals surface area contributed by atoms with E-state index in [9.17, 15) is 0 Å². The van der Waals surface area contributed by atoms with Gasteiger partial charge in [0.05, 0.1) is 6.54 Å². The summed E-state index contributed by atoms with van der Waals surface area (Å²) in [5, 5.41) is 6.57. The summed E-state index contributed by atoms with van der Waals surface area (Å²) in [5.41, 5.74) is 1.15. The van der Waals surface area contributed by atoms with E-state index in [0.717, 1.165) is 49.9 Å². The number of aliphatic imine (C=N–C) groups is 1. The van der Waals surface area contributed by atoms with Crippen LogP contribution in [0.4, 0.5) is 0 Å². The van der Waals surface area contributed by atoms with Crippen LogP contribution >= 0.6 is 24.0 Å². The fourth-order valence-electron chi connectivity index (χ4n) is 2.23. The lowest BCUT2D eigenvalue weighted by molar-refractivity contribution is 0.180. The highest BCUT2D eigenvalue weighted by atomic mass is 127. The highest BCUT2D eigenvalue weighted by Gasteiger charge is 2.01. The van der Waals surface area contributed by atoms with Crippen molar-refractivity contribution in [1.29, 1.82) is 0 Å². The van der Waals surface area contributed by atoms with Crippen molar-refractivity contribution in [3.63, 3.8) is 0 Å². The summed E-state index contributed by atoms with van der Waals surface area (Å²) >= 11 is 0. The van der Waals surface area contributed by atoms with Gasteiger partial charge in [-0.1, -0.05) is 18.2 Å². The summed E-state index contributed by atoms with van der Waals surface area (Å²) in [5.74, 6) is 1.73. The number of guanidine groups is 1. The zero-order valence-electron chi connectivity index (χ0n) is 15.9. The molecule has 7 heteroatoms. The number of ether oxygens (including phenoxy) is 2. The molecule has 6 nitrogen and oxygen atoms in total. The van der Waals surface area contributed by atoms with Crippen LogP contribution in [0.25, 0.3) is 0 Å². The number of nitrogens with one attached hydrogen (secondary N) is 2. The fraction of sp³-hybridized carbons (Fsp3) is 0.611. The van der Waals surface area contributed by atoms with Crippen LogP contribution < -0.4 is 15.4 Å². The summed E-state index contributed by atoms with van der Waals surface area (Å²) in [7, 11) is 5.63. The molecule has 0 bridgehead atoms. The third kappa shape index (κ3) is 11.2. The minimum Gasteiger partial charge on any atom is -0.491 e. The summed E-state index contributed by atoms with van der Waals surface area (Å²) in [6.07, 6.45) is 1.05. The first-order chi connectivity index (χ1) is 11.7. The molecule has 0 aliphatic carbocycles. The van der Waals surface area contributed by atoms with Gasteiger partial charge in [0, 0.05) is 40.4 Å². The van der Waals surface area contributed by atoms with Crippen molar-refractivity contribution in [1.82, 2.24) is 15.5 Å². The molecule has 144 valence electrons. The van der Waals surface area contributed by atoms with E-state index in [-0.39, 0.29) is 24.0 Å². The summed E-state index contributed by atoms with van der Waals surface area (Å²) in [6.45, 7) is 7.01. The van der Waals surface area contributed by atoms with Gasteiger partial charge in [-0.2, -0.15) is 0 Å². The first-order valence-electron chi connectivity index (χ1n) is 8.47. The Morgan fingerprint density at radius 2 is 1.84 bits per heavy atom. The predicted molar refractivity (Wildman–Crippen MR) is 115 cm³/mol. The van der Waals surface area contributed by atoms with Gasteiger partial charge in [0.2, 0.25) is 0 Å². The number of para-hydroxylation sites is 1. The zero-order valence-corrected chi connectivity index (χ0v) is 18.2. The predicted octanol–water partition coefficient (Wildman–Crippen LogP) is 2.13. The number of halogens is 1. The number of hydrogen-bond acceptors (Lipinski definition) is 4. The molecule has 0 heterocycles. The molecule has 0 unspecified atom stereocenters. The van der Waals surface area contributed by atoms with E-state index >= 15 is 0 Å². The van der Waals surface area contributed by atoms with E-state index in [0.29, 0.717) is 13.2 Å². The van der Waals surface area contributed by atoms with Crippen LogP contribution in [0.3, 0.4) is 0 Å². The lowest BCUT2D eigenvalue weighted by Crippen LogP contribution is -2.42. The zero-order chi connectivity index (χ0) is 17.6. The van der Waals surface area contributed by atoms with Crippen LogP contribution in [-0.2, 0) is 4.74 Å². The molecular formula is C18H33IN4O2. The second-order valence-electron chi connectivity index (χ2n) is 5.69. The van der Waals surface area contributed by atoms with Crippen molar-refractivity contribution in [2.75, 3.05) is 60.6 Å². The van der Waals surface area contributed by atoms with E-state index in [1.807, 2.05) is 31.2 Å². The van der Waals surface area contributed by atoms with Crippen LogP contribution in [0.2, 0.25) is 0 Å². The number of hydrogen-bond donors (Lipinski definition) is 2. The average Bonchev–Trinajstić information content (AvgIpc) is 2.58. The number of nitrogens with zero attached hydrogens (tertiary/aromatic N) is 2. The Kier molecular flexibility index (Phi) is 14.6. The number of likely N-dealkylation sites (N-methyl/N-ethyl adjacent to an activating group) is 1. The van der Waals surface area contributed by atoms with Gasteiger partial charge in [0.1, 0.15) is 12.4 Å². The Hall–Kier alpha value is -1.06. The van der Waals surface area contributed by atoms with Crippen molar-refractivity contribution in [3.8, 4) is 5.75 Å². The Bertz CT molecular complexity index is 486. The number of rotatable bonds is 11. The summed E-state index contributed by atoms with van der Waals surface area (Å²) in [6, 6.07) is 8.03. The van der Waals surface area contributed by atoms with E-state index in [1.54, 1.807) is 14.2 Å². The molecule has 0 aliphatic heterocycles. The third-order valence-electron chi connectivity index (χ3n) is 3.64. The van der Waals surface area contributed by atoms with Crippen LogP contribution in [-0.4, -0.2) is 71.5 Å². The van der Waals surface area contributed by atoms with Crippen molar-refractivity contribution in [2.45, 2.75) is 13.3 Å². The molecule has 25 heavy (non-hydrogen) atoms. The number of methoxy groups -OCH3 is 1. The SMILES string of the molecule is CN=C(NCCOc1ccccc1C)NCCN(C)CCCOC.I. The Balaban J connectivity index is 0.00000576. The monoisotopic (exact) mass is 464 g/mol. The normalized spacial score (nSPS) is 11.2. The van der Waals surface area contributed by atoms with Crippen molar-refractivity contribution in [2.24, 2.45) is 4.99 Å². The van der Waals surface area contributed by atoms with Crippen molar-refractivity contribution < 1.29 is 9.47 Å². The van der Waals surface area contributed by atoms with Crippen molar-refractivity contribution in [3.05, 3.63) is 29.8 Å². The van der Waals surface area contributed by atoms with Gasteiger partial charge in [0.15, 0.2) is 5.96 Å². The molecule has 2 N–H and O–H groups in total. The maximum absolute atomic E-state index is 5.76. The fourth-order valence-corrected chi connectivity index (χ4v) is 2.23. The van der Waals surface area contributed by atoms with Crippen LogP contribution in [0.5, 0.6) is 5.75 Å². The largest absolute Gasteiger partial charge is 0.491 e. The highest BCUT2D eigenvalue weighted by Crippen LogP contribution is 2.15. The topological polar surface area (TPSA) is 58.1 Å². The van der Waals surface area contributed by atoms with Crippen molar-refractivity contribution >= 4 is 29.9 Å². The van der Waals surface area contributed by atoms with Gasteiger partial charge in [-0.05, 0) is 32.0 Å². The molecule has 1 aromatic carbocycles. The van der Waals surface area contributed by atoms with Gasteiger partial charge in [-0.3, -0.25) is 4.99 Å². The molecule has 0 saturated carbocycles. The van der Waals surface area contributed by atoms with Gasteiger partial charge in [0.25, 0.3) is 0 Å². The Morgan fingerprint density at radius 1 is 1.12 bits per heavy atom. The molecule has 0 aliphatic rings. The standard InChI is InChI=1S/C18H32N4O2.HI/c1-16-8-5-6-9-17(16)24-15-11-21-18(19-2)20-10-13-22(3)12-7-14-23-4;/h5-6,8-9H,7,10-15H2,1-4H3,(H2,19,20,21);1H. The van der Waals surface area contributed by atoms with Gasteiger partial charge < -0.3 is 25.0 Å². The first kappa shape index (κ1) is 23.9. The molecule has 0 radical (unpaired) electrons. The maximum atomic E-state index is 5.76. The Labute approximate surface area is 169 Å². The molecule has 0 fully saturated rings. The minimum atomic E-state index is 0. The van der Waals surface area contributed by atoms with Gasteiger partial charge in [-0.25, -0.2) is 0 Å². The lowest BCUT2D eigenvalue weighted by Gasteiger charge is -2.18. The van der Waals surface area contributed by atoms with Gasteiger partial charge in [-0.15, -0.1) is 24.0 Å². The van der Waals surface area contributed by atoms with Crippen LogP contribution in [0.1, 0.15) is 12.0 Å². The summed E-state index contributed by atoms with van der Waals surface area (Å²) in [4.78, 5) is 6.50.